The van der Waals surface area contributed by atoms with Gasteiger partial charge in [0.25, 0.3) is 11.6 Å². The number of thiazole rings is 1. The van der Waals surface area contributed by atoms with Gasteiger partial charge in [0.15, 0.2) is 11.2 Å². The molecular weight excluding hydrogens is 417 g/mol. The van der Waals surface area contributed by atoms with Gasteiger partial charge < -0.3 is 15.8 Å². The molecule has 0 saturated carbocycles. The quantitative estimate of drug-likeness (QED) is 0.405. The molecule has 0 bridgehead atoms. The van der Waals surface area contributed by atoms with Crippen LogP contribution in [0.2, 0.25) is 0 Å². The Labute approximate surface area is 165 Å². The van der Waals surface area contributed by atoms with Crippen LogP contribution in [0.1, 0.15) is 34.8 Å². The first-order chi connectivity index (χ1) is 13.4. The van der Waals surface area contributed by atoms with Crippen molar-refractivity contribution >= 4 is 39.7 Å². The number of nitrogens with zero attached hydrogens (tertiary/aromatic N) is 2. The second kappa shape index (κ2) is 8.43. The fourth-order valence-corrected chi connectivity index (χ4v) is 3.06. The van der Waals surface area contributed by atoms with E-state index in [4.69, 9.17) is 10.5 Å². The molecule has 1 atom stereocenters. The number of halogens is 3. The Kier molecular flexibility index (Phi) is 6.41. The summed E-state index contributed by atoms with van der Waals surface area (Å²) >= 11 is 0.863. The lowest BCUT2D eigenvalue weighted by Crippen LogP contribution is -2.30. The maximum atomic E-state index is 13.2. The molecule has 0 spiro atoms. The number of anilines is 2. The number of nitro benzene ring substituents is 1. The number of non-ortho nitro benzene ring substituents is 1. The lowest BCUT2D eigenvalue weighted by atomic mass is 10.1. The number of nitrogen functional groups attached to an aromatic ring is 1. The fourth-order valence-electron chi connectivity index (χ4n) is 2.26. The van der Waals surface area contributed by atoms with Gasteiger partial charge in [-0.05, 0) is 19.4 Å². The van der Waals surface area contributed by atoms with E-state index in [9.17, 15) is 32.9 Å². The standard InChI is InChI=1S/C16H15F3N4O5S/c1-3-10-12(29-15(20)22-10)14(25)28-7(2)13(24)21-11-5-4-8(23(26)27)6-9(11)16(17,18)19/h4-7H,3H2,1-2H3,(H2,20,22)(H,21,24)/t7-/m0/s1. The number of carbonyl (C=O) groups is 2. The van der Waals surface area contributed by atoms with Crippen molar-refractivity contribution in [2.75, 3.05) is 11.1 Å². The molecule has 0 aliphatic carbocycles. The summed E-state index contributed by atoms with van der Waals surface area (Å²) < 4.78 is 44.5. The van der Waals surface area contributed by atoms with Gasteiger partial charge in [-0.1, -0.05) is 18.3 Å². The Bertz CT molecular complexity index is 961. The molecule has 1 aromatic heterocycles. The van der Waals surface area contributed by atoms with E-state index in [0.717, 1.165) is 23.5 Å². The van der Waals surface area contributed by atoms with Gasteiger partial charge in [-0.3, -0.25) is 14.9 Å². The van der Waals surface area contributed by atoms with E-state index < -0.39 is 46.0 Å². The van der Waals surface area contributed by atoms with Gasteiger partial charge in [0.2, 0.25) is 0 Å². The number of nitrogens with one attached hydrogen (secondary N) is 1. The molecule has 0 aliphatic heterocycles. The molecule has 1 aromatic carbocycles. The Morgan fingerprint density at radius 2 is 2.07 bits per heavy atom. The minimum Gasteiger partial charge on any atom is -0.448 e. The number of aromatic nitrogens is 1. The zero-order valence-electron chi connectivity index (χ0n) is 15.1. The number of amides is 1. The fraction of sp³-hybridized carbons (Fsp3) is 0.312. The van der Waals surface area contributed by atoms with Crippen LogP contribution < -0.4 is 11.1 Å². The zero-order valence-corrected chi connectivity index (χ0v) is 15.9. The van der Waals surface area contributed by atoms with Crippen molar-refractivity contribution in [3.05, 3.63) is 44.4 Å². The summed E-state index contributed by atoms with van der Waals surface area (Å²) in [4.78, 5) is 38.2. The number of benzene rings is 1. The number of nitrogens with two attached hydrogens (primary N) is 1. The van der Waals surface area contributed by atoms with Crippen LogP contribution in [0.3, 0.4) is 0 Å². The Hall–Kier alpha value is -3.22. The molecule has 9 nitrogen and oxygen atoms in total. The number of aryl methyl sites for hydroxylation is 1. The van der Waals surface area contributed by atoms with Crippen LogP contribution in [0.25, 0.3) is 0 Å². The van der Waals surface area contributed by atoms with Gasteiger partial charge in [0, 0.05) is 12.1 Å². The largest absolute Gasteiger partial charge is 0.448 e. The second-order valence-corrected chi connectivity index (χ2v) is 6.73. The summed E-state index contributed by atoms with van der Waals surface area (Å²) in [6, 6.07) is 1.88. The maximum Gasteiger partial charge on any atom is 0.418 e. The third kappa shape index (κ3) is 5.19. The molecule has 1 heterocycles. The smallest absolute Gasteiger partial charge is 0.418 e. The summed E-state index contributed by atoms with van der Waals surface area (Å²) in [5.74, 6) is -1.94. The number of nitro groups is 1. The van der Waals surface area contributed by atoms with Gasteiger partial charge in [-0.15, -0.1) is 0 Å². The molecule has 0 fully saturated rings. The van der Waals surface area contributed by atoms with Crippen molar-refractivity contribution in [1.82, 2.24) is 4.98 Å². The first-order valence-corrected chi connectivity index (χ1v) is 8.88. The van der Waals surface area contributed by atoms with Crippen LogP contribution in [-0.4, -0.2) is 27.9 Å². The van der Waals surface area contributed by atoms with Crippen LogP contribution in [0, 0.1) is 10.1 Å². The van der Waals surface area contributed by atoms with Crippen molar-refractivity contribution in [2.24, 2.45) is 0 Å². The first kappa shape index (κ1) is 22.1. The molecular formula is C16H15F3N4O5S. The predicted molar refractivity (Wildman–Crippen MR) is 97.5 cm³/mol. The van der Waals surface area contributed by atoms with Crippen molar-refractivity contribution in [2.45, 2.75) is 32.5 Å². The van der Waals surface area contributed by atoms with Crippen molar-refractivity contribution in [3.63, 3.8) is 0 Å². The summed E-state index contributed by atoms with van der Waals surface area (Å²) in [5.41, 5.74) is 3.03. The minimum atomic E-state index is -4.95. The Balaban J connectivity index is 2.19. The highest BCUT2D eigenvalue weighted by molar-refractivity contribution is 7.17. The monoisotopic (exact) mass is 432 g/mol. The average Bonchev–Trinajstić information content (AvgIpc) is 3.01. The second-order valence-electron chi connectivity index (χ2n) is 5.70. The molecule has 1 amide bonds. The van der Waals surface area contributed by atoms with Gasteiger partial charge in [-0.2, -0.15) is 13.2 Å². The van der Waals surface area contributed by atoms with E-state index in [-0.39, 0.29) is 10.0 Å². The van der Waals surface area contributed by atoms with E-state index in [1.165, 1.54) is 6.92 Å². The minimum absolute atomic E-state index is 0.0935. The molecule has 13 heteroatoms. The van der Waals surface area contributed by atoms with E-state index in [2.05, 4.69) is 4.98 Å². The number of hydrogen-bond donors (Lipinski definition) is 2. The maximum absolute atomic E-state index is 13.2. The molecule has 29 heavy (non-hydrogen) atoms. The molecule has 2 aromatic rings. The van der Waals surface area contributed by atoms with Gasteiger partial charge >= 0.3 is 12.1 Å². The van der Waals surface area contributed by atoms with Crippen LogP contribution in [0.4, 0.5) is 29.7 Å². The van der Waals surface area contributed by atoms with E-state index in [0.29, 0.717) is 18.2 Å². The van der Waals surface area contributed by atoms with E-state index in [1.807, 2.05) is 5.32 Å². The number of hydrogen-bond acceptors (Lipinski definition) is 8. The highest BCUT2D eigenvalue weighted by Crippen LogP contribution is 2.37. The average molecular weight is 432 g/mol. The van der Waals surface area contributed by atoms with E-state index >= 15 is 0 Å². The lowest BCUT2D eigenvalue weighted by molar-refractivity contribution is -0.385. The third-order valence-corrected chi connectivity index (χ3v) is 4.57. The zero-order chi connectivity index (χ0) is 21.9. The highest BCUT2D eigenvalue weighted by Gasteiger charge is 2.36. The molecule has 0 saturated heterocycles. The summed E-state index contributed by atoms with van der Waals surface area (Å²) in [7, 11) is 0. The SMILES string of the molecule is CCc1nc(N)sc1C(=O)O[C@@H](C)C(=O)Nc1ccc([N+](=O)[O-])cc1C(F)(F)F. The normalized spacial score (nSPS) is 12.3. The van der Waals surface area contributed by atoms with Crippen LogP contribution in [0.15, 0.2) is 18.2 Å². The number of carbonyl (C=O) groups excluding carboxylic acids is 2. The first-order valence-electron chi connectivity index (χ1n) is 8.06. The number of ether oxygens (including phenoxy) is 1. The van der Waals surface area contributed by atoms with Crippen LogP contribution in [-0.2, 0) is 22.1 Å². The number of esters is 1. The summed E-state index contributed by atoms with van der Waals surface area (Å²) in [5, 5.41) is 12.8. The number of alkyl halides is 3. The molecule has 0 unspecified atom stereocenters. The Morgan fingerprint density at radius 3 is 2.62 bits per heavy atom. The molecule has 156 valence electrons. The summed E-state index contributed by atoms with van der Waals surface area (Å²) in [6.45, 7) is 2.90. The molecule has 3 N–H and O–H groups in total. The topological polar surface area (TPSA) is 137 Å². The van der Waals surface area contributed by atoms with Crippen LogP contribution >= 0.6 is 11.3 Å². The van der Waals surface area contributed by atoms with Crippen molar-refractivity contribution in [1.29, 1.82) is 0 Å². The highest BCUT2D eigenvalue weighted by atomic mass is 32.1. The summed E-state index contributed by atoms with van der Waals surface area (Å²) in [6.07, 6.45) is -6.02. The van der Waals surface area contributed by atoms with Gasteiger partial charge in [-0.25, -0.2) is 9.78 Å². The third-order valence-electron chi connectivity index (χ3n) is 3.66. The van der Waals surface area contributed by atoms with Gasteiger partial charge in [0.05, 0.1) is 21.9 Å². The number of rotatable bonds is 6. The predicted octanol–water partition coefficient (Wildman–Crippen LogP) is 3.40. The van der Waals surface area contributed by atoms with E-state index in [1.54, 1.807) is 6.92 Å². The molecule has 2 rings (SSSR count). The van der Waals surface area contributed by atoms with Gasteiger partial charge in [0.1, 0.15) is 4.88 Å². The lowest BCUT2D eigenvalue weighted by Gasteiger charge is -2.16. The van der Waals surface area contributed by atoms with Crippen molar-refractivity contribution < 1.29 is 32.4 Å². The molecule has 0 radical (unpaired) electrons. The Morgan fingerprint density at radius 1 is 1.41 bits per heavy atom. The van der Waals surface area contributed by atoms with Crippen LogP contribution in [0.5, 0.6) is 0 Å². The van der Waals surface area contributed by atoms with Crippen molar-refractivity contribution in [3.8, 4) is 0 Å². The molecule has 0 aliphatic rings.